The molecule has 1 fully saturated rings. The number of hydrogen-bond acceptors (Lipinski definition) is 9. The number of H-pyrrole nitrogens is 1. The molecule has 2 heterocycles. The van der Waals surface area contributed by atoms with E-state index in [4.69, 9.17) is 18.9 Å². The zero-order valence-corrected chi connectivity index (χ0v) is 19.2. The van der Waals surface area contributed by atoms with Crippen LogP contribution in [0.5, 0.6) is 0 Å². The molecule has 1 N–H and O–H groups in total. The van der Waals surface area contributed by atoms with Gasteiger partial charge in [-0.15, -0.1) is 0 Å². The van der Waals surface area contributed by atoms with Crippen LogP contribution in [0.25, 0.3) is 6.08 Å². The number of nitrogens with zero attached hydrogens (tertiary/aromatic N) is 1. The first-order valence-electron chi connectivity index (χ1n) is 8.51. The van der Waals surface area contributed by atoms with E-state index in [1.807, 2.05) is 0 Å². The van der Waals surface area contributed by atoms with E-state index in [0.717, 1.165) is 24.5 Å². The summed E-state index contributed by atoms with van der Waals surface area (Å²) >= 11 is 6.31. The molecule has 0 unspecified atom stereocenters. The number of ether oxygens (including phenoxy) is 4. The van der Waals surface area contributed by atoms with Crippen molar-refractivity contribution in [3.63, 3.8) is 0 Å². The largest absolute Gasteiger partial charge is 0.463 e. The van der Waals surface area contributed by atoms with E-state index in [1.54, 1.807) is 0 Å². The number of rotatable bonds is 6. The number of aromatic nitrogens is 2. The number of carbonyl (C=O) groups is 3. The second kappa shape index (κ2) is 10.2. The Bertz CT molecular complexity index is 980. The van der Waals surface area contributed by atoms with Gasteiger partial charge < -0.3 is 18.9 Å². The van der Waals surface area contributed by atoms with Crippen LogP contribution in [0.15, 0.2) is 19.0 Å². The smallest absolute Gasteiger partial charge is 0.331 e. The minimum atomic E-state index is -1.30. The van der Waals surface area contributed by atoms with Crippen LogP contribution in [0, 0.1) is 0 Å². The number of nitrogens with one attached hydrogen (secondary N) is 1. The Hall–Kier alpha value is -2.25. The molecular weight excluding hydrogens is 536 g/mol. The number of aromatic amines is 1. The molecule has 30 heavy (non-hydrogen) atoms. The average molecular weight is 554 g/mol. The summed E-state index contributed by atoms with van der Waals surface area (Å²) < 4.78 is 22.8. The molecule has 0 radical (unpaired) electrons. The average Bonchev–Trinajstić information content (AvgIpc) is 2.88. The number of hydrogen-bond donors (Lipinski definition) is 1. The SMILES string of the molecule is CC(=O)OC[C@H]1O[C@@H](n2c(C=C(Br)Br)cc(=O)[nH]c2=O)[C@@H](OC(C)=O)[C@@H]1OC(C)=O. The van der Waals surface area contributed by atoms with Crippen molar-refractivity contribution < 1.29 is 33.3 Å². The van der Waals surface area contributed by atoms with Gasteiger partial charge in [0.1, 0.15) is 12.7 Å². The fourth-order valence-electron chi connectivity index (χ4n) is 2.91. The van der Waals surface area contributed by atoms with Crippen molar-refractivity contribution in [2.45, 2.75) is 45.3 Å². The van der Waals surface area contributed by atoms with Crippen LogP contribution in [-0.2, 0) is 33.3 Å². The maximum atomic E-state index is 12.6. The molecule has 0 saturated carbocycles. The van der Waals surface area contributed by atoms with E-state index < -0.39 is 53.7 Å². The number of esters is 3. The number of carbonyl (C=O) groups excluding carboxylic acids is 3. The molecule has 1 aliphatic heterocycles. The molecule has 1 aliphatic rings. The third-order valence-electron chi connectivity index (χ3n) is 3.86. The van der Waals surface area contributed by atoms with E-state index in [2.05, 4.69) is 36.8 Å². The molecule has 0 spiro atoms. The van der Waals surface area contributed by atoms with Crippen molar-refractivity contribution in [2.24, 2.45) is 0 Å². The summed E-state index contributed by atoms with van der Waals surface area (Å²) in [6, 6.07) is 1.12. The van der Waals surface area contributed by atoms with Crippen molar-refractivity contribution in [3.05, 3.63) is 36.0 Å². The first-order chi connectivity index (χ1) is 14.0. The van der Waals surface area contributed by atoms with Crippen molar-refractivity contribution in [1.82, 2.24) is 9.55 Å². The first-order valence-corrected chi connectivity index (χ1v) is 10.1. The molecule has 2 rings (SSSR count). The summed E-state index contributed by atoms with van der Waals surface area (Å²) in [6.45, 7) is 3.13. The Balaban J connectivity index is 2.61. The Morgan fingerprint density at radius 3 is 2.23 bits per heavy atom. The second-order valence-corrected chi connectivity index (χ2v) is 8.96. The van der Waals surface area contributed by atoms with E-state index >= 15 is 0 Å². The quantitative estimate of drug-likeness (QED) is 0.402. The van der Waals surface area contributed by atoms with Crippen LogP contribution >= 0.6 is 31.9 Å². The summed E-state index contributed by atoms with van der Waals surface area (Å²) in [7, 11) is 0. The monoisotopic (exact) mass is 552 g/mol. The molecule has 0 aromatic carbocycles. The molecule has 1 aromatic heterocycles. The third-order valence-corrected chi connectivity index (χ3v) is 4.32. The molecule has 164 valence electrons. The van der Waals surface area contributed by atoms with Crippen LogP contribution in [0.1, 0.15) is 32.7 Å². The maximum absolute atomic E-state index is 12.6. The Morgan fingerprint density at radius 2 is 1.70 bits per heavy atom. The fourth-order valence-corrected chi connectivity index (χ4v) is 3.38. The van der Waals surface area contributed by atoms with Crippen molar-refractivity contribution >= 4 is 55.8 Å². The van der Waals surface area contributed by atoms with E-state index in [9.17, 15) is 24.0 Å². The minimum absolute atomic E-state index is 0.101. The van der Waals surface area contributed by atoms with Crippen molar-refractivity contribution in [1.29, 1.82) is 0 Å². The van der Waals surface area contributed by atoms with Crippen LogP contribution in [-0.4, -0.2) is 52.4 Å². The van der Waals surface area contributed by atoms with Gasteiger partial charge in [0.2, 0.25) is 0 Å². The van der Waals surface area contributed by atoms with Gasteiger partial charge in [-0.25, -0.2) is 4.79 Å². The van der Waals surface area contributed by atoms with Gasteiger partial charge in [-0.1, -0.05) is 0 Å². The van der Waals surface area contributed by atoms with Gasteiger partial charge in [0.05, 0.1) is 9.09 Å². The normalized spacial score (nSPS) is 22.8. The molecule has 1 aromatic rings. The minimum Gasteiger partial charge on any atom is -0.463 e. The summed E-state index contributed by atoms with van der Waals surface area (Å²) in [6.07, 6.45) is -3.38. The van der Waals surface area contributed by atoms with Crippen LogP contribution in [0.3, 0.4) is 0 Å². The third kappa shape index (κ3) is 6.12. The van der Waals surface area contributed by atoms with Crippen LogP contribution in [0.4, 0.5) is 0 Å². The van der Waals surface area contributed by atoms with Crippen molar-refractivity contribution in [2.75, 3.05) is 6.61 Å². The summed E-state index contributed by atoms with van der Waals surface area (Å²) in [5, 5.41) is 0. The molecule has 4 atom stereocenters. The highest BCUT2D eigenvalue weighted by Crippen LogP contribution is 2.34. The summed E-state index contributed by atoms with van der Waals surface area (Å²) in [4.78, 5) is 61.0. The highest BCUT2D eigenvalue weighted by atomic mass is 79.9. The van der Waals surface area contributed by atoms with Gasteiger partial charge in [-0.3, -0.25) is 28.7 Å². The lowest BCUT2D eigenvalue weighted by Gasteiger charge is -2.24. The number of halogens is 2. The molecule has 11 nitrogen and oxygen atoms in total. The first kappa shape index (κ1) is 24.0. The fraction of sp³-hybridized carbons (Fsp3) is 0.471. The molecule has 13 heteroatoms. The predicted molar refractivity (Wildman–Crippen MR) is 109 cm³/mol. The molecule has 0 amide bonds. The van der Waals surface area contributed by atoms with Gasteiger partial charge in [0.15, 0.2) is 18.4 Å². The van der Waals surface area contributed by atoms with Crippen LogP contribution < -0.4 is 11.2 Å². The van der Waals surface area contributed by atoms with Gasteiger partial charge in [0.25, 0.3) is 5.56 Å². The Morgan fingerprint density at radius 1 is 1.10 bits per heavy atom. The summed E-state index contributed by atoms with van der Waals surface area (Å²) in [5.41, 5.74) is -1.42. The second-order valence-electron chi connectivity index (χ2n) is 6.18. The van der Waals surface area contributed by atoms with E-state index in [-0.39, 0.29) is 12.3 Å². The molecule has 0 aliphatic carbocycles. The lowest BCUT2D eigenvalue weighted by molar-refractivity contribution is -0.166. The van der Waals surface area contributed by atoms with Gasteiger partial charge in [-0.05, 0) is 37.9 Å². The zero-order valence-electron chi connectivity index (χ0n) is 16.0. The van der Waals surface area contributed by atoms with E-state index in [0.29, 0.717) is 3.39 Å². The van der Waals surface area contributed by atoms with E-state index in [1.165, 1.54) is 13.0 Å². The highest BCUT2D eigenvalue weighted by molar-refractivity contribution is 9.28. The maximum Gasteiger partial charge on any atom is 0.331 e. The standard InChI is InChI=1S/C17H18Br2N2O9/c1-7(22)27-6-11-14(28-8(2)23)15(29-9(3)24)16(30-11)21-10(4-12(18)19)5-13(25)20-17(21)26/h4-5,11,14-16H,6H2,1-3H3,(H,20,25,26)/t11-,14-,15+,16-/m1/s1. The lowest BCUT2D eigenvalue weighted by atomic mass is 10.1. The highest BCUT2D eigenvalue weighted by Gasteiger charge is 2.51. The van der Waals surface area contributed by atoms with Crippen molar-refractivity contribution in [3.8, 4) is 0 Å². The van der Waals surface area contributed by atoms with Gasteiger partial charge in [0, 0.05) is 26.8 Å². The predicted octanol–water partition coefficient (Wildman–Crippen LogP) is 0.949. The van der Waals surface area contributed by atoms with Gasteiger partial charge in [-0.2, -0.15) is 0 Å². The molecular formula is C17H18Br2N2O9. The molecule has 1 saturated heterocycles. The van der Waals surface area contributed by atoms with Gasteiger partial charge >= 0.3 is 23.6 Å². The summed E-state index contributed by atoms with van der Waals surface area (Å²) in [5.74, 6) is -2.04. The zero-order chi connectivity index (χ0) is 22.6. The molecule has 0 bridgehead atoms. The topological polar surface area (TPSA) is 143 Å². The Kier molecular flexibility index (Phi) is 8.15. The lowest BCUT2D eigenvalue weighted by Crippen LogP contribution is -2.43. The van der Waals surface area contributed by atoms with Crippen LogP contribution in [0.2, 0.25) is 0 Å². The Labute approximate surface area is 186 Å².